The van der Waals surface area contributed by atoms with Crippen molar-refractivity contribution >= 4 is 43.4 Å². The minimum Gasteiger partial charge on any atom is -0.322 e. The van der Waals surface area contributed by atoms with Crippen LogP contribution in [0.3, 0.4) is 0 Å². The minimum absolute atomic E-state index is 0.0964. The van der Waals surface area contributed by atoms with E-state index in [-0.39, 0.29) is 4.90 Å². The molecule has 1 N–H and O–H groups in total. The van der Waals surface area contributed by atoms with Crippen LogP contribution in [-0.4, -0.2) is 28.2 Å². The van der Waals surface area contributed by atoms with Crippen LogP contribution in [0.25, 0.3) is 10.2 Å². The Hall–Kier alpha value is -3.55. The Kier molecular flexibility index (Phi) is 5.31. The lowest BCUT2D eigenvalue weighted by atomic mass is 10.1. The molecule has 0 atom stereocenters. The lowest BCUT2D eigenvalue weighted by Gasteiger charge is -2.19. The molecule has 1 aliphatic rings. The summed E-state index contributed by atoms with van der Waals surface area (Å²) in [6.07, 6.45) is 8.33. The van der Waals surface area contributed by atoms with E-state index in [1.165, 1.54) is 29.7 Å². The number of nitriles is 1. The van der Waals surface area contributed by atoms with Gasteiger partial charge in [0.25, 0.3) is 15.9 Å². The third-order valence-corrected chi connectivity index (χ3v) is 6.77. The zero-order chi connectivity index (χ0) is 21.1. The third-order valence-electron chi connectivity index (χ3n) is 4.44. The molecule has 0 aliphatic heterocycles. The fourth-order valence-electron chi connectivity index (χ4n) is 2.97. The number of hydrogen-bond acceptors (Lipinski definition) is 7. The number of sulfonamides is 1. The molecular formula is C20H15N5O3S2. The van der Waals surface area contributed by atoms with Gasteiger partial charge < -0.3 is 5.32 Å². The second kappa shape index (κ2) is 8.06. The summed E-state index contributed by atoms with van der Waals surface area (Å²) >= 11 is 1.23. The number of aromatic nitrogens is 2. The van der Waals surface area contributed by atoms with E-state index < -0.39 is 15.9 Å². The monoisotopic (exact) mass is 437 g/mol. The number of hydrogen-bond donors (Lipinski definition) is 1. The summed E-state index contributed by atoms with van der Waals surface area (Å²) in [7, 11) is -4.11. The molecule has 30 heavy (non-hydrogen) atoms. The van der Waals surface area contributed by atoms with Gasteiger partial charge >= 0.3 is 0 Å². The first-order valence-electron chi connectivity index (χ1n) is 8.94. The van der Waals surface area contributed by atoms with Crippen molar-refractivity contribution in [1.29, 1.82) is 5.26 Å². The number of benzene rings is 2. The molecule has 0 saturated heterocycles. The number of carbonyl (C=O) groups is 1. The lowest BCUT2D eigenvalue weighted by molar-refractivity contribution is 0.102. The number of anilines is 1. The van der Waals surface area contributed by atoms with Crippen LogP contribution < -0.4 is 5.32 Å². The van der Waals surface area contributed by atoms with Crippen molar-refractivity contribution < 1.29 is 13.2 Å². The third kappa shape index (κ3) is 3.80. The smallest absolute Gasteiger partial charge is 0.276 e. The number of nitrogens with one attached hydrogen (secondary N) is 1. The van der Waals surface area contributed by atoms with Gasteiger partial charge in [-0.25, -0.2) is 0 Å². The van der Waals surface area contributed by atoms with E-state index in [4.69, 9.17) is 0 Å². The highest BCUT2D eigenvalue weighted by molar-refractivity contribution is 7.89. The Labute approximate surface area is 177 Å². The number of fused-ring (bicyclic) bond motifs is 1. The van der Waals surface area contributed by atoms with E-state index >= 15 is 0 Å². The van der Waals surface area contributed by atoms with Crippen LogP contribution in [0.15, 0.2) is 71.3 Å². The van der Waals surface area contributed by atoms with Crippen LogP contribution in [-0.2, 0) is 10.0 Å². The molecule has 0 unspecified atom stereocenters. The summed E-state index contributed by atoms with van der Waals surface area (Å²) in [5.74, 6) is -0.408. The molecule has 0 spiro atoms. The van der Waals surface area contributed by atoms with Crippen LogP contribution in [0.4, 0.5) is 5.69 Å². The SMILES string of the molecule is N#CN(C1=CCCC=C1)S(=O)(=O)c1cccc(NC(=O)c2ccc3snnc3c2)c1. The molecule has 0 saturated carbocycles. The summed E-state index contributed by atoms with van der Waals surface area (Å²) in [4.78, 5) is 12.5. The Morgan fingerprint density at radius 1 is 1.20 bits per heavy atom. The number of allylic oxidation sites excluding steroid dienone is 3. The first-order valence-corrected chi connectivity index (χ1v) is 11.2. The molecule has 1 aliphatic carbocycles. The molecule has 4 rings (SSSR count). The molecule has 1 amide bonds. The van der Waals surface area contributed by atoms with Crippen molar-refractivity contribution in [1.82, 2.24) is 13.9 Å². The molecule has 0 fully saturated rings. The average molecular weight is 438 g/mol. The lowest BCUT2D eigenvalue weighted by Crippen LogP contribution is -2.26. The molecule has 3 aromatic rings. The molecular weight excluding hydrogens is 422 g/mol. The Morgan fingerprint density at radius 3 is 2.83 bits per heavy atom. The first-order chi connectivity index (χ1) is 14.5. The van der Waals surface area contributed by atoms with Crippen molar-refractivity contribution in [3.05, 3.63) is 72.0 Å². The average Bonchev–Trinajstić information content (AvgIpc) is 3.23. The van der Waals surface area contributed by atoms with Crippen LogP contribution in [0.2, 0.25) is 0 Å². The van der Waals surface area contributed by atoms with Gasteiger partial charge in [-0.1, -0.05) is 22.7 Å². The number of amides is 1. The van der Waals surface area contributed by atoms with Gasteiger partial charge in [0, 0.05) is 11.3 Å². The van der Waals surface area contributed by atoms with Gasteiger partial charge in [-0.05, 0) is 66.8 Å². The fraction of sp³-hybridized carbons (Fsp3) is 0.100. The number of nitrogens with zero attached hydrogens (tertiary/aromatic N) is 4. The highest BCUT2D eigenvalue weighted by Crippen LogP contribution is 2.25. The van der Waals surface area contributed by atoms with Gasteiger partial charge in [-0.3, -0.25) is 4.79 Å². The van der Waals surface area contributed by atoms with E-state index in [9.17, 15) is 18.5 Å². The van der Waals surface area contributed by atoms with E-state index in [1.807, 2.05) is 6.08 Å². The van der Waals surface area contributed by atoms with Crippen molar-refractivity contribution in [3.63, 3.8) is 0 Å². The maximum atomic E-state index is 13.0. The van der Waals surface area contributed by atoms with Crippen molar-refractivity contribution in [3.8, 4) is 6.19 Å². The zero-order valence-electron chi connectivity index (χ0n) is 15.5. The molecule has 1 heterocycles. The summed E-state index contributed by atoms with van der Waals surface area (Å²) in [5.41, 5.74) is 1.59. The van der Waals surface area contributed by atoms with Crippen LogP contribution in [0.5, 0.6) is 0 Å². The van der Waals surface area contributed by atoms with Gasteiger partial charge in [0.15, 0.2) is 6.19 Å². The van der Waals surface area contributed by atoms with Crippen LogP contribution >= 0.6 is 11.5 Å². The predicted octanol–water partition coefficient (Wildman–Crippen LogP) is 3.65. The quantitative estimate of drug-likeness (QED) is 0.481. The summed E-state index contributed by atoms with van der Waals surface area (Å²) < 4.78 is 31.4. The van der Waals surface area contributed by atoms with Gasteiger partial charge in [0.2, 0.25) is 0 Å². The Morgan fingerprint density at radius 2 is 2.07 bits per heavy atom. The topological polar surface area (TPSA) is 116 Å². The molecule has 8 nitrogen and oxygen atoms in total. The highest BCUT2D eigenvalue weighted by atomic mass is 32.2. The molecule has 0 radical (unpaired) electrons. The maximum absolute atomic E-state index is 13.0. The molecule has 0 bridgehead atoms. The van der Waals surface area contributed by atoms with Crippen molar-refractivity contribution in [2.24, 2.45) is 0 Å². The number of rotatable bonds is 5. The number of carbonyl (C=O) groups excluding carboxylic acids is 1. The summed E-state index contributed by atoms with van der Waals surface area (Å²) in [5, 5.41) is 16.1. The Bertz CT molecular complexity index is 1340. The standard InChI is InChI=1S/C20H15N5O3S2/c21-13-25(16-6-2-1-3-7-16)30(27,28)17-8-4-5-15(12-17)22-20(26)14-9-10-19-18(11-14)23-24-29-19/h2,4-12H,1,3H2,(H,22,26). The molecule has 150 valence electrons. The van der Waals surface area contributed by atoms with Crippen LogP contribution in [0, 0.1) is 11.5 Å². The normalized spacial score (nSPS) is 13.5. The second-order valence-corrected chi connectivity index (χ2v) is 8.99. The van der Waals surface area contributed by atoms with Crippen molar-refractivity contribution in [2.45, 2.75) is 17.7 Å². The van der Waals surface area contributed by atoms with Gasteiger partial charge in [-0.2, -0.15) is 18.0 Å². The summed E-state index contributed by atoms with van der Waals surface area (Å²) in [6.45, 7) is 0. The van der Waals surface area contributed by atoms with E-state index in [1.54, 1.807) is 42.6 Å². The first kappa shape index (κ1) is 19.8. The van der Waals surface area contributed by atoms with Crippen LogP contribution in [0.1, 0.15) is 23.2 Å². The molecule has 1 aromatic heterocycles. The minimum atomic E-state index is -4.11. The van der Waals surface area contributed by atoms with E-state index in [0.29, 0.717) is 33.2 Å². The fourth-order valence-corrected chi connectivity index (χ4v) is 4.76. The van der Waals surface area contributed by atoms with Gasteiger partial charge in [0.05, 0.1) is 15.3 Å². The van der Waals surface area contributed by atoms with Crippen molar-refractivity contribution in [2.75, 3.05) is 5.32 Å². The molecule has 10 heteroatoms. The largest absolute Gasteiger partial charge is 0.322 e. The van der Waals surface area contributed by atoms with E-state index in [2.05, 4.69) is 14.9 Å². The second-order valence-electron chi connectivity index (χ2n) is 6.42. The van der Waals surface area contributed by atoms with E-state index in [0.717, 1.165) is 11.1 Å². The predicted molar refractivity (Wildman–Crippen MR) is 113 cm³/mol. The highest BCUT2D eigenvalue weighted by Gasteiger charge is 2.26. The maximum Gasteiger partial charge on any atom is 0.276 e. The van der Waals surface area contributed by atoms with Gasteiger partial charge in [0.1, 0.15) is 5.52 Å². The Balaban J connectivity index is 1.60. The molecule has 2 aromatic carbocycles. The van der Waals surface area contributed by atoms with Gasteiger partial charge in [-0.15, -0.1) is 5.10 Å². The zero-order valence-corrected chi connectivity index (χ0v) is 17.2. The summed E-state index contributed by atoms with van der Waals surface area (Å²) in [6, 6.07) is 10.8.